The number of likely N-dealkylation sites (tertiary alicyclic amines) is 1. The number of carbonyl (C=O) groups excluding carboxylic acids is 3. The van der Waals surface area contributed by atoms with Gasteiger partial charge < -0.3 is 15.0 Å². The molecule has 6 heteroatoms. The van der Waals surface area contributed by atoms with Crippen LogP contribution < -0.4 is 5.32 Å². The van der Waals surface area contributed by atoms with Gasteiger partial charge in [0.2, 0.25) is 11.8 Å². The van der Waals surface area contributed by atoms with Gasteiger partial charge in [0.15, 0.2) is 5.78 Å². The smallest absolute Gasteiger partial charge is 0.246 e. The van der Waals surface area contributed by atoms with Crippen LogP contribution in [0.25, 0.3) is 0 Å². The lowest BCUT2D eigenvalue weighted by Gasteiger charge is -2.27. The van der Waals surface area contributed by atoms with Gasteiger partial charge in [-0.15, -0.1) is 0 Å². The van der Waals surface area contributed by atoms with Crippen molar-refractivity contribution in [2.24, 2.45) is 0 Å². The van der Waals surface area contributed by atoms with Crippen LogP contribution in [0, 0.1) is 0 Å². The first kappa shape index (κ1) is 20.3. The van der Waals surface area contributed by atoms with E-state index >= 15 is 0 Å². The third kappa shape index (κ3) is 4.60. The number of hydrogen-bond donors (Lipinski definition) is 1. The molecule has 30 heavy (non-hydrogen) atoms. The molecule has 156 valence electrons. The van der Waals surface area contributed by atoms with E-state index in [1.165, 1.54) is 0 Å². The molecule has 2 amide bonds. The summed E-state index contributed by atoms with van der Waals surface area (Å²) in [5, 5.41) is 2.92. The number of nitrogens with zero attached hydrogens (tertiary/aromatic N) is 1. The molecule has 6 nitrogen and oxygen atoms in total. The number of hydrogen-bond acceptors (Lipinski definition) is 4. The molecule has 4 rings (SSSR count). The van der Waals surface area contributed by atoms with Crippen molar-refractivity contribution >= 4 is 17.6 Å². The fourth-order valence-corrected chi connectivity index (χ4v) is 4.26. The van der Waals surface area contributed by atoms with Gasteiger partial charge in [0.1, 0.15) is 18.7 Å². The van der Waals surface area contributed by atoms with Crippen molar-refractivity contribution in [2.75, 3.05) is 13.2 Å². The highest BCUT2D eigenvalue weighted by molar-refractivity contribution is 5.95. The van der Waals surface area contributed by atoms with E-state index in [1.807, 2.05) is 60.7 Å². The van der Waals surface area contributed by atoms with Crippen LogP contribution in [0.15, 0.2) is 60.7 Å². The molecule has 0 unspecified atom stereocenters. The summed E-state index contributed by atoms with van der Waals surface area (Å²) in [7, 11) is 0. The predicted octanol–water partition coefficient (Wildman–Crippen LogP) is 1.92. The molecular weight excluding hydrogens is 380 g/mol. The van der Waals surface area contributed by atoms with Gasteiger partial charge in [-0.2, -0.15) is 0 Å². The number of ketones is 1. The zero-order chi connectivity index (χ0) is 20.9. The fourth-order valence-electron chi connectivity index (χ4n) is 4.26. The highest BCUT2D eigenvalue weighted by Crippen LogP contribution is 2.27. The average molecular weight is 406 g/mol. The van der Waals surface area contributed by atoms with Gasteiger partial charge in [-0.3, -0.25) is 14.4 Å². The standard InChI is InChI=1S/C24H26N2O4/c27-20-16-30-21-13-14-26(23(20)21)24(29)19(15-18-9-5-2-6-10-18)25-22(28)12-11-17-7-3-1-4-8-17/h1-10,19,21,23H,11-16H2,(H,25,28)/t19-,21+,23+/m0/s1. The van der Waals surface area contributed by atoms with Crippen LogP contribution in [0.3, 0.4) is 0 Å². The van der Waals surface area contributed by atoms with Crippen LogP contribution >= 0.6 is 0 Å². The summed E-state index contributed by atoms with van der Waals surface area (Å²) in [5.41, 5.74) is 2.04. The molecule has 2 aliphatic rings. The molecule has 0 radical (unpaired) electrons. The van der Waals surface area contributed by atoms with Gasteiger partial charge in [0.05, 0.1) is 6.10 Å². The molecule has 1 N–H and O–H groups in total. The van der Waals surface area contributed by atoms with E-state index in [0.29, 0.717) is 32.2 Å². The Morgan fingerprint density at radius 1 is 1.03 bits per heavy atom. The summed E-state index contributed by atoms with van der Waals surface area (Å²) in [5.74, 6) is -0.434. The normalized spacial score (nSPS) is 21.3. The molecular formula is C24H26N2O4. The number of rotatable bonds is 7. The van der Waals surface area contributed by atoms with Crippen molar-refractivity contribution in [3.05, 3.63) is 71.8 Å². The van der Waals surface area contributed by atoms with Crippen molar-refractivity contribution in [1.82, 2.24) is 10.2 Å². The zero-order valence-corrected chi connectivity index (χ0v) is 16.8. The van der Waals surface area contributed by atoms with Gasteiger partial charge >= 0.3 is 0 Å². The zero-order valence-electron chi connectivity index (χ0n) is 16.8. The van der Waals surface area contributed by atoms with Crippen molar-refractivity contribution in [3.8, 4) is 0 Å². The first-order valence-corrected chi connectivity index (χ1v) is 10.4. The van der Waals surface area contributed by atoms with Gasteiger partial charge in [-0.25, -0.2) is 0 Å². The molecule has 2 aromatic rings. The van der Waals surface area contributed by atoms with Crippen LogP contribution in [0.4, 0.5) is 0 Å². The number of Topliss-reactive ketones (excluding diaryl/α,β-unsaturated/α-hetero) is 1. The molecule has 0 spiro atoms. The second-order valence-electron chi connectivity index (χ2n) is 7.88. The second kappa shape index (κ2) is 9.22. The summed E-state index contributed by atoms with van der Waals surface area (Å²) in [6.45, 7) is 0.539. The highest BCUT2D eigenvalue weighted by Gasteiger charge is 2.47. The number of aryl methyl sites for hydroxylation is 1. The molecule has 2 aliphatic heterocycles. The maximum atomic E-state index is 13.4. The van der Waals surface area contributed by atoms with E-state index in [-0.39, 0.29) is 30.3 Å². The number of nitrogens with one attached hydrogen (secondary N) is 1. The van der Waals surface area contributed by atoms with Crippen molar-refractivity contribution in [2.45, 2.75) is 43.9 Å². The van der Waals surface area contributed by atoms with E-state index in [0.717, 1.165) is 11.1 Å². The number of fused-ring (bicyclic) bond motifs is 1. The maximum absolute atomic E-state index is 13.4. The molecule has 2 heterocycles. The van der Waals surface area contributed by atoms with Crippen molar-refractivity contribution in [1.29, 1.82) is 0 Å². The number of carbonyl (C=O) groups is 3. The summed E-state index contributed by atoms with van der Waals surface area (Å²) >= 11 is 0. The second-order valence-corrected chi connectivity index (χ2v) is 7.88. The van der Waals surface area contributed by atoms with Gasteiger partial charge in [-0.1, -0.05) is 60.7 Å². The van der Waals surface area contributed by atoms with Gasteiger partial charge in [0, 0.05) is 19.4 Å². The van der Waals surface area contributed by atoms with Crippen LogP contribution in [0.5, 0.6) is 0 Å². The molecule has 3 atom stereocenters. The van der Waals surface area contributed by atoms with Crippen LogP contribution in [0.2, 0.25) is 0 Å². The van der Waals surface area contributed by atoms with E-state index < -0.39 is 12.1 Å². The maximum Gasteiger partial charge on any atom is 0.246 e. The molecule has 2 aromatic carbocycles. The fraction of sp³-hybridized carbons (Fsp3) is 0.375. The first-order chi connectivity index (χ1) is 14.6. The molecule has 0 bridgehead atoms. The third-order valence-corrected chi connectivity index (χ3v) is 5.79. The number of ether oxygens (including phenoxy) is 1. The van der Waals surface area contributed by atoms with E-state index in [1.54, 1.807) is 4.90 Å². The van der Waals surface area contributed by atoms with Crippen LogP contribution in [-0.2, 0) is 32.0 Å². The average Bonchev–Trinajstić information content (AvgIpc) is 3.36. The Kier molecular flexibility index (Phi) is 6.23. The monoisotopic (exact) mass is 406 g/mol. The minimum atomic E-state index is -0.706. The van der Waals surface area contributed by atoms with Crippen LogP contribution in [0.1, 0.15) is 24.0 Å². The lowest BCUT2D eigenvalue weighted by Crippen LogP contribution is -2.53. The summed E-state index contributed by atoms with van der Waals surface area (Å²) in [4.78, 5) is 39.8. The number of amides is 2. The molecule has 0 aromatic heterocycles. The predicted molar refractivity (Wildman–Crippen MR) is 112 cm³/mol. The Labute approximate surface area is 176 Å². The van der Waals surface area contributed by atoms with Crippen molar-refractivity contribution in [3.63, 3.8) is 0 Å². The van der Waals surface area contributed by atoms with Crippen molar-refractivity contribution < 1.29 is 19.1 Å². The lowest BCUT2D eigenvalue weighted by atomic mass is 10.0. The lowest BCUT2D eigenvalue weighted by molar-refractivity contribution is -0.139. The summed E-state index contributed by atoms with van der Waals surface area (Å²) < 4.78 is 5.51. The first-order valence-electron chi connectivity index (χ1n) is 10.4. The van der Waals surface area contributed by atoms with E-state index in [2.05, 4.69) is 5.32 Å². The quantitative estimate of drug-likeness (QED) is 0.762. The Hall–Kier alpha value is -2.99. The largest absolute Gasteiger partial charge is 0.368 e. The molecule has 0 aliphatic carbocycles. The minimum absolute atomic E-state index is 0.0558. The summed E-state index contributed by atoms with van der Waals surface area (Å²) in [6, 6.07) is 18.2. The molecule has 2 fully saturated rings. The minimum Gasteiger partial charge on any atom is -0.368 e. The Balaban J connectivity index is 1.45. The topological polar surface area (TPSA) is 75.7 Å². The van der Waals surface area contributed by atoms with E-state index in [9.17, 15) is 14.4 Å². The Morgan fingerprint density at radius 2 is 1.70 bits per heavy atom. The van der Waals surface area contributed by atoms with Crippen LogP contribution in [-0.4, -0.2) is 53.8 Å². The third-order valence-electron chi connectivity index (χ3n) is 5.79. The van der Waals surface area contributed by atoms with Gasteiger partial charge in [0.25, 0.3) is 0 Å². The van der Waals surface area contributed by atoms with Gasteiger partial charge in [-0.05, 0) is 24.0 Å². The Bertz CT molecular complexity index is 900. The SMILES string of the molecule is O=C(CCc1ccccc1)N[C@@H](Cc1ccccc1)C(=O)N1CC[C@H]2OCC(=O)[C@H]21. The molecule has 0 saturated carbocycles. The Morgan fingerprint density at radius 3 is 2.40 bits per heavy atom. The number of benzene rings is 2. The van der Waals surface area contributed by atoms with E-state index in [4.69, 9.17) is 4.74 Å². The highest BCUT2D eigenvalue weighted by atomic mass is 16.5. The molecule has 2 saturated heterocycles. The summed E-state index contributed by atoms with van der Waals surface area (Å²) in [6.07, 6.45) is 1.74.